The van der Waals surface area contributed by atoms with Crippen molar-refractivity contribution in [3.05, 3.63) is 93.5 Å². The lowest BCUT2D eigenvalue weighted by Gasteiger charge is -2.34. The Balaban J connectivity index is 1.79. The van der Waals surface area contributed by atoms with Crippen molar-refractivity contribution in [2.24, 2.45) is 5.92 Å². The van der Waals surface area contributed by atoms with Gasteiger partial charge in [-0.2, -0.15) is 0 Å². The first-order valence-corrected chi connectivity index (χ1v) is 12.9. The lowest BCUT2D eigenvalue weighted by atomic mass is 9.69. The van der Waals surface area contributed by atoms with Crippen LogP contribution in [0.3, 0.4) is 0 Å². The van der Waals surface area contributed by atoms with E-state index < -0.39 is 11.4 Å². The number of esters is 2. The Kier molecular flexibility index (Phi) is 8.30. The molecular weight excluding hydrogens is 511 g/mol. The third-order valence-electron chi connectivity index (χ3n) is 7.15. The highest BCUT2D eigenvalue weighted by atomic mass is 35.5. The SMILES string of the molecule is COC(=O)C1CCC(Nc2cc(C(C(=O)OC)(c3ccc(Cl)cc3)c3ccc(Cl)cc3)ccc2N)CC1. The van der Waals surface area contributed by atoms with Crippen molar-refractivity contribution in [3.8, 4) is 0 Å². The molecule has 3 aromatic carbocycles. The van der Waals surface area contributed by atoms with Gasteiger partial charge < -0.3 is 20.5 Å². The van der Waals surface area contributed by atoms with Gasteiger partial charge in [-0.15, -0.1) is 0 Å². The van der Waals surface area contributed by atoms with E-state index in [1.807, 2.05) is 36.4 Å². The fourth-order valence-corrected chi connectivity index (χ4v) is 5.43. The lowest BCUT2D eigenvalue weighted by Crippen LogP contribution is -2.39. The maximum atomic E-state index is 13.7. The van der Waals surface area contributed by atoms with Gasteiger partial charge in [0, 0.05) is 16.1 Å². The Bertz CT molecular complexity index is 1210. The minimum absolute atomic E-state index is 0.0754. The van der Waals surface area contributed by atoms with Crippen molar-refractivity contribution >= 4 is 46.5 Å². The zero-order chi connectivity index (χ0) is 26.6. The summed E-state index contributed by atoms with van der Waals surface area (Å²) in [6.07, 6.45) is 3.09. The molecule has 6 nitrogen and oxygen atoms in total. The van der Waals surface area contributed by atoms with E-state index >= 15 is 0 Å². The van der Waals surface area contributed by atoms with Crippen LogP contribution >= 0.6 is 23.2 Å². The van der Waals surface area contributed by atoms with Crippen LogP contribution in [0.4, 0.5) is 11.4 Å². The Morgan fingerprint density at radius 3 is 1.81 bits per heavy atom. The van der Waals surface area contributed by atoms with Crippen molar-refractivity contribution in [1.29, 1.82) is 0 Å². The number of hydrogen-bond acceptors (Lipinski definition) is 6. The molecule has 0 aliphatic heterocycles. The first-order chi connectivity index (χ1) is 17.8. The van der Waals surface area contributed by atoms with Crippen molar-refractivity contribution in [2.75, 3.05) is 25.3 Å². The second-order valence-electron chi connectivity index (χ2n) is 9.27. The van der Waals surface area contributed by atoms with Gasteiger partial charge in [-0.05, 0) is 78.8 Å². The molecule has 1 fully saturated rings. The van der Waals surface area contributed by atoms with Crippen LogP contribution in [0.2, 0.25) is 10.0 Å². The summed E-state index contributed by atoms with van der Waals surface area (Å²) in [5, 5.41) is 4.66. The summed E-state index contributed by atoms with van der Waals surface area (Å²) in [5.41, 5.74) is 8.44. The summed E-state index contributed by atoms with van der Waals surface area (Å²) in [4.78, 5) is 25.7. The smallest absolute Gasteiger partial charge is 0.325 e. The molecule has 0 heterocycles. The Hall–Kier alpha value is -3.22. The molecule has 194 valence electrons. The van der Waals surface area contributed by atoms with Crippen LogP contribution in [0.5, 0.6) is 0 Å². The van der Waals surface area contributed by atoms with Gasteiger partial charge in [0.05, 0.1) is 31.5 Å². The van der Waals surface area contributed by atoms with E-state index in [2.05, 4.69) is 5.32 Å². The molecule has 37 heavy (non-hydrogen) atoms. The van der Waals surface area contributed by atoms with Crippen LogP contribution in [0.15, 0.2) is 66.7 Å². The number of carbonyl (C=O) groups excluding carboxylic acids is 2. The van der Waals surface area contributed by atoms with Crippen LogP contribution in [0, 0.1) is 5.92 Å². The summed E-state index contributed by atoms with van der Waals surface area (Å²) < 4.78 is 10.3. The van der Waals surface area contributed by atoms with E-state index in [9.17, 15) is 9.59 Å². The van der Waals surface area contributed by atoms with Crippen LogP contribution < -0.4 is 11.1 Å². The van der Waals surface area contributed by atoms with Crippen molar-refractivity contribution in [1.82, 2.24) is 0 Å². The number of rotatable bonds is 7. The predicted molar refractivity (Wildman–Crippen MR) is 147 cm³/mol. The molecule has 0 amide bonds. The zero-order valence-electron chi connectivity index (χ0n) is 20.8. The molecule has 3 N–H and O–H groups in total. The van der Waals surface area contributed by atoms with Gasteiger partial charge >= 0.3 is 11.9 Å². The maximum Gasteiger partial charge on any atom is 0.325 e. The molecule has 0 unspecified atom stereocenters. The number of nitrogens with one attached hydrogen (secondary N) is 1. The Labute approximate surface area is 227 Å². The molecule has 0 bridgehead atoms. The number of halogens is 2. The predicted octanol–water partition coefficient (Wildman–Crippen LogP) is 6.23. The van der Waals surface area contributed by atoms with Crippen molar-refractivity contribution < 1.29 is 19.1 Å². The number of methoxy groups -OCH3 is 2. The van der Waals surface area contributed by atoms with E-state index in [-0.39, 0.29) is 17.9 Å². The van der Waals surface area contributed by atoms with E-state index in [0.29, 0.717) is 32.4 Å². The third kappa shape index (κ3) is 5.41. The van der Waals surface area contributed by atoms with Crippen LogP contribution in [-0.4, -0.2) is 32.2 Å². The number of ether oxygens (including phenoxy) is 2. The molecular formula is C29H30Cl2N2O4. The van der Waals surface area contributed by atoms with E-state index in [4.69, 9.17) is 38.4 Å². The molecule has 1 aliphatic rings. The molecule has 0 atom stereocenters. The summed E-state index contributed by atoms with van der Waals surface area (Å²) >= 11 is 12.4. The number of nitrogens with two attached hydrogens (primary N) is 1. The zero-order valence-corrected chi connectivity index (χ0v) is 22.3. The number of hydrogen-bond donors (Lipinski definition) is 2. The largest absolute Gasteiger partial charge is 0.469 e. The highest BCUT2D eigenvalue weighted by molar-refractivity contribution is 6.30. The molecule has 8 heteroatoms. The van der Waals surface area contributed by atoms with Gasteiger partial charge in [0.2, 0.25) is 0 Å². The van der Waals surface area contributed by atoms with Gasteiger partial charge in [-0.1, -0.05) is 53.5 Å². The minimum Gasteiger partial charge on any atom is -0.469 e. The number of benzene rings is 3. The Morgan fingerprint density at radius 1 is 0.811 bits per heavy atom. The van der Waals surface area contributed by atoms with Gasteiger partial charge in [-0.3, -0.25) is 9.59 Å². The fraction of sp³-hybridized carbons (Fsp3) is 0.310. The summed E-state index contributed by atoms with van der Waals surface area (Å²) in [7, 11) is 2.80. The third-order valence-corrected chi connectivity index (χ3v) is 7.66. The maximum absolute atomic E-state index is 13.7. The minimum atomic E-state index is -1.30. The summed E-state index contributed by atoms with van der Waals surface area (Å²) in [6, 6.07) is 20.0. The molecule has 0 saturated heterocycles. The van der Waals surface area contributed by atoms with Gasteiger partial charge in [0.15, 0.2) is 0 Å². The normalized spacial score (nSPS) is 17.6. The molecule has 0 aromatic heterocycles. The average molecular weight is 541 g/mol. The Morgan fingerprint density at radius 2 is 1.32 bits per heavy atom. The number of nitrogen functional groups attached to an aromatic ring is 1. The van der Waals surface area contributed by atoms with Crippen LogP contribution in [0.25, 0.3) is 0 Å². The number of carbonyl (C=O) groups is 2. The molecule has 3 aromatic rings. The highest BCUT2D eigenvalue weighted by Gasteiger charge is 2.45. The average Bonchev–Trinajstić information content (AvgIpc) is 2.92. The second-order valence-corrected chi connectivity index (χ2v) is 10.1. The van der Waals surface area contributed by atoms with E-state index in [1.165, 1.54) is 14.2 Å². The molecule has 4 rings (SSSR count). The van der Waals surface area contributed by atoms with Crippen molar-refractivity contribution in [2.45, 2.75) is 37.1 Å². The highest BCUT2D eigenvalue weighted by Crippen LogP contribution is 2.43. The van der Waals surface area contributed by atoms with Gasteiger partial charge in [0.25, 0.3) is 0 Å². The topological polar surface area (TPSA) is 90.6 Å². The molecule has 1 aliphatic carbocycles. The standard InChI is InChI=1S/C29H30Cl2N2O4/c1-36-27(34)18-3-14-24(15-4-18)33-26-17-21(9-16-25(26)32)29(28(35)37-2,19-5-10-22(30)11-6-19)20-7-12-23(31)13-8-20/h5-13,16-18,24,33H,3-4,14-15,32H2,1-2H3. The van der Waals surface area contributed by atoms with Crippen molar-refractivity contribution in [3.63, 3.8) is 0 Å². The van der Waals surface area contributed by atoms with Crippen LogP contribution in [-0.2, 0) is 24.5 Å². The van der Waals surface area contributed by atoms with E-state index in [1.54, 1.807) is 30.3 Å². The number of anilines is 2. The first kappa shape index (κ1) is 26.8. The summed E-state index contributed by atoms with van der Waals surface area (Å²) in [6.45, 7) is 0. The molecule has 0 spiro atoms. The fourth-order valence-electron chi connectivity index (χ4n) is 5.18. The first-order valence-electron chi connectivity index (χ1n) is 12.1. The second kappa shape index (κ2) is 11.4. The quantitative estimate of drug-likeness (QED) is 0.210. The monoisotopic (exact) mass is 540 g/mol. The lowest BCUT2D eigenvalue weighted by molar-refractivity contribution is -0.146. The van der Waals surface area contributed by atoms with Crippen LogP contribution in [0.1, 0.15) is 42.4 Å². The van der Waals surface area contributed by atoms with Gasteiger partial charge in [0.1, 0.15) is 5.41 Å². The summed E-state index contributed by atoms with van der Waals surface area (Å²) in [5.74, 6) is -0.686. The van der Waals surface area contributed by atoms with E-state index in [0.717, 1.165) is 31.4 Å². The van der Waals surface area contributed by atoms with Gasteiger partial charge in [-0.25, -0.2) is 0 Å². The molecule has 0 radical (unpaired) electrons. The molecule has 1 saturated carbocycles.